The Morgan fingerprint density at radius 3 is 0.837 bits per heavy atom. The first-order valence-corrected chi connectivity index (χ1v) is 15.4. The standard InChI is InChI=1S/2C12H18.C5H12O.C5H12.2C2H4O2.2CH4.2HI.2Rf/c2*1-4-12(2,3)10-11-8-6-5-7-9-11;1-5(2,3)4-6;1-5(2,3)4;2*1-2(3)4;;;;;;/h2*5-9H,4,10H2,1-3H3;6H,4H2,1-3H3;1-4H3;2*1H3,(H,3,4);2*1H4;2*1H;;. The minimum absolute atomic E-state index is 0. The van der Waals surface area contributed by atoms with E-state index in [1.165, 1.54) is 36.8 Å². The summed E-state index contributed by atoms with van der Waals surface area (Å²) in [6.07, 6.45) is 4.85. The summed E-state index contributed by atoms with van der Waals surface area (Å²) in [5.74, 6) is -1.67. The maximum atomic E-state index is 9.00. The van der Waals surface area contributed by atoms with Gasteiger partial charge in [0.05, 0.1) is 0 Å². The van der Waals surface area contributed by atoms with Crippen LogP contribution in [0.1, 0.15) is 143 Å². The van der Waals surface area contributed by atoms with E-state index in [1.807, 2.05) is 20.8 Å². The molecular formula is C40H78I2O5Rf2. The molecule has 9 heteroatoms. The van der Waals surface area contributed by atoms with Gasteiger partial charge >= 0.3 is 0 Å². The van der Waals surface area contributed by atoms with E-state index in [2.05, 4.69) is 130 Å². The van der Waals surface area contributed by atoms with Crippen LogP contribution in [0, 0.1) is 21.7 Å². The number of aliphatic hydroxyl groups excluding tert-OH is 1. The second kappa shape index (κ2) is 37.6. The fraction of sp³-hybridized carbons (Fsp3) is 0.650. The van der Waals surface area contributed by atoms with Crippen LogP contribution in [0.15, 0.2) is 60.7 Å². The minimum Gasteiger partial charge on any atom is -0.481 e. The topological polar surface area (TPSA) is 94.8 Å². The molecule has 286 valence electrons. The smallest absolute Gasteiger partial charge is 0.300 e. The van der Waals surface area contributed by atoms with Crippen LogP contribution in [0.2, 0.25) is 0 Å². The van der Waals surface area contributed by atoms with Crippen molar-refractivity contribution in [3.05, 3.63) is 71.8 Å². The Morgan fingerprint density at radius 2 is 0.714 bits per heavy atom. The van der Waals surface area contributed by atoms with Gasteiger partial charge in [0.2, 0.25) is 0 Å². The van der Waals surface area contributed by atoms with Crippen molar-refractivity contribution < 1.29 is 24.9 Å². The monoisotopic (exact) mass is 1430 g/mol. The van der Waals surface area contributed by atoms with Crippen molar-refractivity contribution in [3.8, 4) is 0 Å². The largest absolute Gasteiger partial charge is 0.481 e. The fourth-order valence-corrected chi connectivity index (χ4v) is 2.55. The molecule has 0 atom stereocenters. The van der Waals surface area contributed by atoms with Crippen LogP contribution < -0.4 is 0 Å². The average Bonchev–Trinajstić information content (AvgIpc) is 2.83. The van der Waals surface area contributed by atoms with E-state index in [9.17, 15) is 0 Å². The molecule has 0 heterocycles. The molecule has 2 aromatic carbocycles. The Bertz CT molecular complexity index is 863. The number of carboxylic acids is 2. The van der Waals surface area contributed by atoms with Crippen molar-refractivity contribution in [1.29, 1.82) is 0 Å². The van der Waals surface area contributed by atoms with Crippen LogP contribution in [0.3, 0.4) is 0 Å². The Morgan fingerprint density at radius 1 is 0.551 bits per heavy atom. The van der Waals surface area contributed by atoms with E-state index in [0.717, 1.165) is 13.8 Å². The average molecular weight is 1430 g/mol. The number of carbonyl (C=O) groups is 2. The second-order valence-electron chi connectivity index (χ2n) is 15.1. The summed E-state index contributed by atoms with van der Waals surface area (Å²) in [5.41, 5.74) is 4.39. The van der Waals surface area contributed by atoms with Gasteiger partial charge < -0.3 is 15.3 Å². The summed E-state index contributed by atoms with van der Waals surface area (Å²) in [7, 11) is 0. The Labute approximate surface area is 327 Å². The first kappa shape index (κ1) is 71.7. The predicted octanol–water partition coefficient (Wildman–Crippen LogP) is 13.1. The van der Waals surface area contributed by atoms with E-state index >= 15 is 0 Å². The van der Waals surface area contributed by atoms with Gasteiger partial charge in [-0.1, -0.05) is 178 Å². The van der Waals surface area contributed by atoms with Crippen molar-refractivity contribution in [3.63, 3.8) is 0 Å². The molecule has 3 N–H and O–H groups in total. The van der Waals surface area contributed by atoms with E-state index in [0.29, 0.717) is 16.2 Å². The third kappa shape index (κ3) is 81.2. The third-order valence-electron chi connectivity index (χ3n) is 5.44. The number of aliphatic hydroxyl groups is 1. The zero-order chi connectivity index (χ0) is 34.9. The van der Waals surface area contributed by atoms with Crippen LogP contribution in [0.4, 0.5) is 0 Å². The molecule has 2 aromatic rings. The fourth-order valence-electron chi connectivity index (χ4n) is 2.55. The Hall–Kier alpha value is -3.20. The van der Waals surface area contributed by atoms with Gasteiger partial charge in [0.15, 0.2) is 0 Å². The molecule has 0 saturated carbocycles. The van der Waals surface area contributed by atoms with Gasteiger partial charge in [-0.3, -0.25) is 9.59 Å². The van der Waals surface area contributed by atoms with Crippen LogP contribution in [-0.2, 0) is 22.4 Å². The molecule has 0 aliphatic rings. The van der Waals surface area contributed by atoms with E-state index in [-0.39, 0.29) is 74.8 Å². The number of hydrogen-bond acceptors (Lipinski definition) is 3. The van der Waals surface area contributed by atoms with Crippen LogP contribution in [0.25, 0.3) is 0 Å². The zero-order valence-corrected chi connectivity index (χ0v) is 50.2. The summed E-state index contributed by atoms with van der Waals surface area (Å²) in [6.45, 7) is 31.0. The number of carboxylic acid groups (broad SMARTS) is 2. The maximum Gasteiger partial charge on any atom is 0.300 e. The van der Waals surface area contributed by atoms with E-state index in [4.69, 9.17) is 24.9 Å². The van der Waals surface area contributed by atoms with Crippen LogP contribution in [0.5, 0.6) is 0 Å². The minimum atomic E-state index is -0.833. The SMILES string of the molecule is C.C.CC(=O)O.CC(=O)O.CC(C)(C)C.CC(C)(C)CO.CCC(C)(C)Cc1ccccc1.CCC(C)(C)Cc1ccccc1.I.I.[Rf].[Rf]. The molecule has 0 amide bonds. The number of hydrogen-bond donors (Lipinski definition) is 3. The predicted molar refractivity (Wildman–Crippen MR) is 231 cm³/mol. The van der Waals surface area contributed by atoms with Gasteiger partial charge in [0.25, 0.3) is 11.9 Å². The van der Waals surface area contributed by atoms with Gasteiger partial charge in [-0.15, -0.1) is 48.0 Å². The molecule has 0 aliphatic carbocycles. The zero-order valence-electron chi connectivity index (χ0n) is 32.7. The normalized spacial score (nSPS) is 9.39. The quantitative estimate of drug-likeness (QED) is 0.251. The number of benzene rings is 2. The molecule has 0 radical (unpaired) electrons. The van der Waals surface area contributed by atoms with Crippen LogP contribution >= 0.6 is 48.0 Å². The summed E-state index contributed by atoms with van der Waals surface area (Å²) >= 11 is 0. The molecule has 0 fully saturated rings. The molecular weight excluding hydrogens is 1350 g/mol. The number of aliphatic carboxylic acids is 2. The van der Waals surface area contributed by atoms with Gasteiger partial charge in [0.1, 0.15) is 0 Å². The first-order valence-electron chi connectivity index (χ1n) is 15.4. The molecule has 0 saturated heterocycles. The Balaban J connectivity index is -0.0000000482. The summed E-state index contributed by atoms with van der Waals surface area (Å²) in [4.78, 5) is 18.0. The summed E-state index contributed by atoms with van der Waals surface area (Å²) in [6, 6.07) is 21.4. The van der Waals surface area contributed by atoms with Crippen molar-refractivity contribution >= 4 is 59.9 Å². The van der Waals surface area contributed by atoms with Crippen molar-refractivity contribution in [2.75, 3.05) is 6.61 Å². The van der Waals surface area contributed by atoms with Crippen molar-refractivity contribution in [2.24, 2.45) is 21.7 Å². The maximum absolute atomic E-state index is 9.00. The first-order chi connectivity index (χ1) is 19.3. The van der Waals surface area contributed by atoms with Gasteiger partial charge in [-0.25, -0.2) is 0 Å². The third-order valence-corrected chi connectivity index (χ3v) is 5.44. The molecule has 2 rings (SSSR count). The molecule has 49 heavy (non-hydrogen) atoms. The molecule has 0 bridgehead atoms. The molecule has 5 nitrogen and oxygen atoms in total. The molecule has 0 unspecified atom stereocenters. The number of halogens is 2. The summed E-state index contributed by atoms with van der Waals surface area (Å²) < 4.78 is 0. The van der Waals surface area contributed by atoms with E-state index in [1.54, 1.807) is 0 Å². The summed E-state index contributed by atoms with van der Waals surface area (Å²) in [5, 5.41) is 23.2. The van der Waals surface area contributed by atoms with Gasteiger partial charge in [-0.2, -0.15) is 0 Å². The Kier molecular flexibility index (Phi) is 55.1. The molecule has 0 aromatic heterocycles. The van der Waals surface area contributed by atoms with Crippen LogP contribution in [-0.4, -0.2) is 33.9 Å². The van der Waals surface area contributed by atoms with Gasteiger partial charge in [0, 0.05) is 20.5 Å². The molecule has 0 aliphatic heterocycles. The molecule has 0 spiro atoms. The van der Waals surface area contributed by atoms with E-state index < -0.39 is 11.9 Å². The van der Waals surface area contributed by atoms with Crippen molar-refractivity contribution in [1.82, 2.24) is 0 Å². The van der Waals surface area contributed by atoms with Crippen molar-refractivity contribution in [2.45, 2.75) is 144 Å². The second-order valence-corrected chi connectivity index (χ2v) is 15.1. The van der Waals surface area contributed by atoms with Gasteiger partial charge in [-0.05, 0) is 45.6 Å². The number of rotatable bonds is 6.